The Labute approximate surface area is 109 Å². The molecule has 1 aromatic carbocycles. The molecular formula is C15H23NO2. The van der Waals surface area contributed by atoms with Crippen molar-refractivity contribution >= 4 is 5.97 Å². The fourth-order valence-electron chi connectivity index (χ4n) is 2.22. The summed E-state index contributed by atoms with van der Waals surface area (Å²) in [6.45, 7) is 6.64. The summed E-state index contributed by atoms with van der Waals surface area (Å²) in [4.78, 5) is 13.7. The standard InChI is InChI=1S/C15H23NO2/c1-5-6-11-16(4)15(3,14(17)18)13-10-8-7-9-12(13)2/h7-10H,5-6,11H2,1-4H3,(H,17,18). The molecule has 18 heavy (non-hydrogen) atoms. The summed E-state index contributed by atoms with van der Waals surface area (Å²) in [7, 11) is 1.89. The largest absolute Gasteiger partial charge is 0.480 e. The van der Waals surface area contributed by atoms with Gasteiger partial charge in [-0.1, -0.05) is 37.6 Å². The molecule has 0 bridgehead atoms. The number of carbonyl (C=O) groups is 1. The lowest BCUT2D eigenvalue weighted by molar-refractivity contribution is -0.150. The second-order valence-corrected chi connectivity index (χ2v) is 4.97. The van der Waals surface area contributed by atoms with Crippen molar-refractivity contribution in [3.05, 3.63) is 35.4 Å². The van der Waals surface area contributed by atoms with E-state index in [4.69, 9.17) is 0 Å². The highest BCUT2D eigenvalue weighted by Gasteiger charge is 2.39. The second kappa shape index (κ2) is 6.01. The summed E-state index contributed by atoms with van der Waals surface area (Å²) < 4.78 is 0. The number of rotatable bonds is 6. The maximum Gasteiger partial charge on any atom is 0.328 e. The molecule has 0 fully saturated rings. The number of carboxylic acids is 1. The molecule has 0 heterocycles. The van der Waals surface area contributed by atoms with Gasteiger partial charge in [-0.2, -0.15) is 0 Å². The molecule has 0 aliphatic rings. The number of hydrogen-bond donors (Lipinski definition) is 1. The Hall–Kier alpha value is -1.35. The quantitative estimate of drug-likeness (QED) is 0.842. The van der Waals surface area contributed by atoms with E-state index in [1.54, 1.807) is 6.92 Å². The average Bonchev–Trinajstić information content (AvgIpc) is 2.35. The van der Waals surface area contributed by atoms with E-state index < -0.39 is 11.5 Å². The van der Waals surface area contributed by atoms with Crippen LogP contribution < -0.4 is 0 Å². The molecule has 0 saturated carbocycles. The summed E-state index contributed by atoms with van der Waals surface area (Å²) in [5.74, 6) is -0.796. The molecule has 1 unspecified atom stereocenters. The minimum Gasteiger partial charge on any atom is -0.480 e. The molecule has 1 N–H and O–H groups in total. The van der Waals surface area contributed by atoms with Gasteiger partial charge in [0.15, 0.2) is 0 Å². The van der Waals surface area contributed by atoms with Gasteiger partial charge in [-0.25, -0.2) is 4.79 Å². The van der Waals surface area contributed by atoms with E-state index in [-0.39, 0.29) is 0 Å². The van der Waals surface area contributed by atoms with Gasteiger partial charge in [0.25, 0.3) is 0 Å². The minimum atomic E-state index is -0.958. The van der Waals surface area contributed by atoms with E-state index in [1.165, 1.54) is 0 Å². The van der Waals surface area contributed by atoms with Crippen molar-refractivity contribution in [2.75, 3.05) is 13.6 Å². The zero-order valence-corrected chi connectivity index (χ0v) is 11.7. The van der Waals surface area contributed by atoms with E-state index in [1.807, 2.05) is 43.1 Å². The third-order valence-corrected chi connectivity index (χ3v) is 3.70. The summed E-state index contributed by atoms with van der Waals surface area (Å²) >= 11 is 0. The van der Waals surface area contributed by atoms with Crippen LogP contribution in [0.2, 0.25) is 0 Å². The van der Waals surface area contributed by atoms with Crippen LogP contribution >= 0.6 is 0 Å². The molecule has 0 spiro atoms. The number of likely N-dealkylation sites (N-methyl/N-ethyl adjacent to an activating group) is 1. The van der Waals surface area contributed by atoms with E-state index >= 15 is 0 Å². The Balaban J connectivity index is 3.15. The van der Waals surface area contributed by atoms with Crippen molar-refractivity contribution in [3.8, 4) is 0 Å². The van der Waals surface area contributed by atoms with Crippen LogP contribution in [0.5, 0.6) is 0 Å². The average molecular weight is 249 g/mol. The highest BCUT2D eigenvalue weighted by atomic mass is 16.4. The molecule has 1 aromatic rings. The third kappa shape index (κ3) is 2.72. The Morgan fingerprint density at radius 1 is 1.39 bits per heavy atom. The van der Waals surface area contributed by atoms with Gasteiger partial charge in [-0.15, -0.1) is 0 Å². The van der Waals surface area contributed by atoms with Crippen LogP contribution in [-0.2, 0) is 10.3 Å². The summed E-state index contributed by atoms with van der Waals surface area (Å²) in [6.07, 6.45) is 2.07. The van der Waals surface area contributed by atoms with E-state index in [0.29, 0.717) is 0 Å². The van der Waals surface area contributed by atoms with Gasteiger partial charge in [0.05, 0.1) is 0 Å². The van der Waals surface area contributed by atoms with Crippen molar-refractivity contribution in [2.24, 2.45) is 0 Å². The molecule has 0 aliphatic heterocycles. The van der Waals surface area contributed by atoms with Crippen molar-refractivity contribution < 1.29 is 9.90 Å². The van der Waals surface area contributed by atoms with Crippen LogP contribution in [0.1, 0.15) is 37.8 Å². The molecule has 3 heteroatoms. The van der Waals surface area contributed by atoms with E-state index in [2.05, 4.69) is 6.92 Å². The fraction of sp³-hybridized carbons (Fsp3) is 0.533. The molecule has 100 valence electrons. The summed E-state index contributed by atoms with van der Waals surface area (Å²) in [6, 6.07) is 7.71. The van der Waals surface area contributed by atoms with Crippen molar-refractivity contribution in [1.82, 2.24) is 4.90 Å². The lowest BCUT2D eigenvalue weighted by atomic mass is 9.87. The summed E-state index contributed by atoms with van der Waals surface area (Å²) in [5, 5.41) is 9.64. The Morgan fingerprint density at radius 2 is 2.00 bits per heavy atom. The van der Waals surface area contributed by atoms with Crippen molar-refractivity contribution in [1.29, 1.82) is 0 Å². The number of aliphatic carboxylic acids is 1. The Bertz CT molecular complexity index is 417. The highest BCUT2D eigenvalue weighted by molar-refractivity contribution is 5.80. The zero-order valence-electron chi connectivity index (χ0n) is 11.7. The van der Waals surface area contributed by atoms with Gasteiger partial charge in [0.1, 0.15) is 5.54 Å². The first kappa shape index (κ1) is 14.7. The van der Waals surface area contributed by atoms with Crippen LogP contribution in [0.15, 0.2) is 24.3 Å². The predicted octanol–water partition coefficient (Wildman–Crippen LogP) is 3.03. The molecule has 0 radical (unpaired) electrons. The first-order valence-corrected chi connectivity index (χ1v) is 6.45. The van der Waals surface area contributed by atoms with Gasteiger partial charge in [0.2, 0.25) is 0 Å². The first-order valence-electron chi connectivity index (χ1n) is 6.45. The molecular weight excluding hydrogens is 226 g/mol. The summed E-state index contributed by atoms with van der Waals surface area (Å²) in [5.41, 5.74) is 0.933. The number of hydrogen-bond acceptors (Lipinski definition) is 2. The van der Waals surface area contributed by atoms with Gasteiger partial charge < -0.3 is 5.11 Å². The second-order valence-electron chi connectivity index (χ2n) is 4.97. The van der Waals surface area contributed by atoms with Gasteiger partial charge in [-0.05, 0) is 45.0 Å². The molecule has 1 atom stereocenters. The normalized spacial score (nSPS) is 14.5. The van der Waals surface area contributed by atoms with Crippen LogP contribution in [0, 0.1) is 6.92 Å². The van der Waals surface area contributed by atoms with Crippen LogP contribution in [0.3, 0.4) is 0 Å². The predicted molar refractivity (Wildman–Crippen MR) is 73.7 cm³/mol. The maximum absolute atomic E-state index is 11.7. The Morgan fingerprint density at radius 3 is 2.50 bits per heavy atom. The lowest BCUT2D eigenvalue weighted by Gasteiger charge is -2.36. The molecule has 3 nitrogen and oxygen atoms in total. The van der Waals surface area contributed by atoms with E-state index in [9.17, 15) is 9.90 Å². The number of carboxylic acid groups (broad SMARTS) is 1. The fourth-order valence-corrected chi connectivity index (χ4v) is 2.22. The van der Waals surface area contributed by atoms with Gasteiger partial charge in [-0.3, -0.25) is 4.90 Å². The first-order chi connectivity index (χ1) is 8.44. The molecule has 1 rings (SSSR count). The van der Waals surface area contributed by atoms with Crippen LogP contribution in [0.4, 0.5) is 0 Å². The number of unbranched alkanes of at least 4 members (excludes halogenated alkanes) is 1. The number of aryl methyl sites for hydroxylation is 1. The smallest absolute Gasteiger partial charge is 0.328 e. The minimum absolute atomic E-state index is 0.785. The highest BCUT2D eigenvalue weighted by Crippen LogP contribution is 2.30. The molecule has 0 aliphatic carbocycles. The van der Waals surface area contributed by atoms with Gasteiger partial charge >= 0.3 is 5.97 Å². The SMILES string of the molecule is CCCCN(C)C(C)(C(=O)O)c1ccccc1C. The third-order valence-electron chi connectivity index (χ3n) is 3.70. The van der Waals surface area contributed by atoms with Crippen LogP contribution in [0.25, 0.3) is 0 Å². The van der Waals surface area contributed by atoms with Crippen molar-refractivity contribution in [2.45, 2.75) is 39.2 Å². The molecule has 0 amide bonds. The molecule has 0 saturated heterocycles. The molecule has 0 aromatic heterocycles. The maximum atomic E-state index is 11.7. The number of nitrogens with zero attached hydrogens (tertiary/aromatic N) is 1. The zero-order chi connectivity index (χ0) is 13.8. The monoisotopic (exact) mass is 249 g/mol. The van der Waals surface area contributed by atoms with E-state index in [0.717, 1.165) is 30.5 Å². The Kier molecular flexibility index (Phi) is 4.91. The van der Waals surface area contributed by atoms with Crippen molar-refractivity contribution in [3.63, 3.8) is 0 Å². The number of benzene rings is 1. The van der Waals surface area contributed by atoms with Crippen LogP contribution in [-0.4, -0.2) is 29.6 Å². The topological polar surface area (TPSA) is 40.5 Å². The van der Waals surface area contributed by atoms with Gasteiger partial charge in [0, 0.05) is 0 Å². The lowest BCUT2D eigenvalue weighted by Crippen LogP contribution is -2.48.